The Kier molecular flexibility index (Phi) is 11.0. The van der Waals surface area contributed by atoms with Crippen molar-refractivity contribution >= 4 is 56.2 Å². The Morgan fingerprint density at radius 1 is 0.523 bits per heavy atom. The lowest BCUT2D eigenvalue weighted by Gasteiger charge is -2.13. The maximum atomic E-state index is 4.49. The second kappa shape index (κ2) is 15.1. The molecule has 0 amide bonds. The molecule has 0 spiro atoms. The van der Waals surface area contributed by atoms with Crippen LogP contribution in [0, 0.1) is 0 Å². The number of nitrogens with zero attached hydrogens (tertiary/aromatic N) is 8. The van der Waals surface area contributed by atoms with Gasteiger partial charge in [0.15, 0.2) is 5.82 Å². The summed E-state index contributed by atoms with van der Waals surface area (Å²) in [4.78, 5) is 8.54. The lowest BCUT2D eigenvalue weighted by atomic mass is 10.2. The summed E-state index contributed by atoms with van der Waals surface area (Å²) in [7, 11) is 9.99. The zero-order valence-electron chi connectivity index (χ0n) is 25.5. The Morgan fingerprint density at radius 2 is 1.05 bits per heavy atom. The highest BCUT2D eigenvalue weighted by molar-refractivity contribution is 5.79. The molecule has 4 aromatic carbocycles. The van der Waals surface area contributed by atoms with Gasteiger partial charge in [0.2, 0.25) is 0 Å². The number of hydrogen-bond donors (Lipinski definition) is 0. The molecule has 6 rings (SSSR count). The van der Waals surface area contributed by atoms with Crippen molar-refractivity contribution in [3.05, 3.63) is 121 Å². The van der Waals surface area contributed by atoms with Gasteiger partial charge in [0, 0.05) is 45.0 Å². The van der Waals surface area contributed by atoms with Crippen LogP contribution in [-0.2, 0) is 7.05 Å². The van der Waals surface area contributed by atoms with Gasteiger partial charge in [-0.05, 0) is 59.7 Å². The molecule has 0 aliphatic rings. The molecule has 222 valence electrons. The molecule has 8 nitrogen and oxygen atoms in total. The molecule has 2 aromatic heterocycles. The fourth-order valence-electron chi connectivity index (χ4n) is 4.61. The first kappa shape index (κ1) is 32.2. The Balaban J connectivity index is 0.000000197. The molecular weight excluding hydrogens is 659 g/mol. The van der Waals surface area contributed by atoms with Crippen LogP contribution in [0.3, 0.4) is 0 Å². The summed E-state index contributed by atoms with van der Waals surface area (Å²) in [5.74, 6) is 1.44. The van der Waals surface area contributed by atoms with Crippen LogP contribution in [0.5, 0.6) is 0 Å². The predicted octanol–water partition coefficient (Wildman–Crippen LogP) is 5.87. The number of halogens is 1. The standard InChI is InChI=1S/C18H19N4.C17H16N4.HI/c1-21(2)17-11-7-5-9-15(17)19-20-18-13-12-14-8-4-6-10-16(14)22(18)3;1-21(2)16-10-6-5-9-15(16)19-20-17-12-11-13-7-3-4-8-14(13)18-17;/h4-13H,1-3H3;3-12H,1-2H3;1H/q+1;;/p-1. The molecule has 0 radical (unpaired) electrons. The Labute approximate surface area is 275 Å². The van der Waals surface area contributed by atoms with E-state index < -0.39 is 0 Å². The van der Waals surface area contributed by atoms with Crippen molar-refractivity contribution in [1.29, 1.82) is 0 Å². The number of aryl methyl sites for hydroxylation is 1. The summed E-state index contributed by atoms with van der Waals surface area (Å²) in [5.41, 5.74) is 5.84. The molecule has 0 bridgehead atoms. The number of pyridine rings is 2. The zero-order valence-corrected chi connectivity index (χ0v) is 27.7. The van der Waals surface area contributed by atoms with Crippen LogP contribution in [0.1, 0.15) is 0 Å². The van der Waals surface area contributed by atoms with Crippen LogP contribution in [0.4, 0.5) is 34.4 Å². The molecule has 0 saturated carbocycles. The van der Waals surface area contributed by atoms with Gasteiger partial charge in [0.05, 0.1) is 29.1 Å². The smallest absolute Gasteiger partial charge is 0.350 e. The van der Waals surface area contributed by atoms with E-state index in [1.165, 1.54) is 5.39 Å². The third-order valence-electron chi connectivity index (χ3n) is 6.88. The summed E-state index contributed by atoms with van der Waals surface area (Å²) < 4.78 is 2.05. The third-order valence-corrected chi connectivity index (χ3v) is 6.88. The molecule has 44 heavy (non-hydrogen) atoms. The third kappa shape index (κ3) is 7.78. The van der Waals surface area contributed by atoms with Crippen LogP contribution >= 0.6 is 0 Å². The van der Waals surface area contributed by atoms with Crippen molar-refractivity contribution in [3.63, 3.8) is 0 Å². The van der Waals surface area contributed by atoms with Crippen LogP contribution in [0.25, 0.3) is 21.8 Å². The lowest BCUT2D eigenvalue weighted by Crippen LogP contribution is -3.00. The average Bonchev–Trinajstić information content (AvgIpc) is 3.04. The Bertz CT molecular complexity index is 1920. The summed E-state index contributed by atoms with van der Waals surface area (Å²) in [5, 5.41) is 19.7. The van der Waals surface area contributed by atoms with Crippen molar-refractivity contribution in [1.82, 2.24) is 4.98 Å². The number of hydrogen-bond acceptors (Lipinski definition) is 7. The number of para-hydroxylation sites is 4. The van der Waals surface area contributed by atoms with E-state index in [2.05, 4.69) is 48.2 Å². The van der Waals surface area contributed by atoms with Gasteiger partial charge in [-0.15, -0.1) is 10.2 Å². The van der Waals surface area contributed by atoms with Crippen molar-refractivity contribution in [3.8, 4) is 0 Å². The van der Waals surface area contributed by atoms with E-state index in [9.17, 15) is 0 Å². The summed E-state index contributed by atoms with van der Waals surface area (Å²) in [6, 6.07) is 40.1. The minimum atomic E-state index is 0. The number of anilines is 2. The van der Waals surface area contributed by atoms with Gasteiger partial charge in [-0.2, -0.15) is 0 Å². The van der Waals surface area contributed by atoms with Crippen LogP contribution < -0.4 is 38.3 Å². The minimum Gasteiger partial charge on any atom is -1.00 e. The molecule has 0 aliphatic carbocycles. The highest BCUT2D eigenvalue weighted by atomic mass is 127. The van der Waals surface area contributed by atoms with E-state index in [-0.39, 0.29) is 24.0 Å². The topological polar surface area (TPSA) is 72.7 Å². The SMILES string of the molecule is CN(C)c1ccccc1N=Nc1ccc2ccccc2[n+]1C.CN(C)c1ccccc1N=Nc1ccc2ccccc2n1.[I-]. The highest BCUT2D eigenvalue weighted by Crippen LogP contribution is 2.29. The number of azo groups is 2. The highest BCUT2D eigenvalue weighted by Gasteiger charge is 2.11. The van der Waals surface area contributed by atoms with E-state index in [1.54, 1.807) is 0 Å². The van der Waals surface area contributed by atoms with Gasteiger partial charge >= 0.3 is 5.82 Å². The molecule has 0 aliphatic heterocycles. The number of aromatic nitrogens is 2. The first-order chi connectivity index (χ1) is 20.9. The molecule has 2 heterocycles. The van der Waals surface area contributed by atoms with Gasteiger partial charge in [-0.3, -0.25) is 0 Å². The van der Waals surface area contributed by atoms with Crippen molar-refractivity contribution in [2.24, 2.45) is 27.5 Å². The number of fused-ring (bicyclic) bond motifs is 2. The second-order valence-electron chi connectivity index (χ2n) is 10.3. The summed E-state index contributed by atoms with van der Waals surface area (Å²) in [6.07, 6.45) is 0. The average molecular weight is 695 g/mol. The quantitative estimate of drug-likeness (QED) is 0.125. The fourth-order valence-corrected chi connectivity index (χ4v) is 4.61. The maximum Gasteiger partial charge on any atom is 0.350 e. The minimum absolute atomic E-state index is 0. The normalized spacial score (nSPS) is 10.9. The molecule has 0 unspecified atom stereocenters. The summed E-state index contributed by atoms with van der Waals surface area (Å²) >= 11 is 0. The molecule has 0 N–H and O–H groups in total. The first-order valence-electron chi connectivity index (χ1n) is 14.0. The molecule has 0 fully saturated rings. The largest absolute Gasteiger partial charge is 1.00 e. The second-order valence-corrected chi connectivity index (χ2v) is 10.3. The van der Waals surface area contributed by atoms with Crippen molar-refractivity contribution < 1.29 is 28.5 Å². The number of rotatable bonds is 6. The first-order valence-corrected chi connectivity index (χ1v) is 14.0. The number of benzene rings is 4. The molecule has 0 atom stereocenters. The van der Waals surface area contributed by atoms with Crippen molar-refractivity contribution in [2.75, 3.05) is 38.0 Å². The van der Waals surface area contributed by atoms with E-state index >= 15 is 0 Å². The summed E-state index contributed by atoms with van der Waals surface area (Å²) in [6.45, 7) is 0. The maximum absolute atomic E-state index is 4.49. The van der Waals surface area contributed by atoms with Gasteiger partial charge in [-0.25, -0.2) is 9.55 Å². The van der Waals surface area contributed by atoms with Crippen LogP contribution in [0.15, 0.2) is 142 Å². The molecular formula is C35H35IN8. The van der Waals surface area contributed by atoms with Gasteiger partial charge < -0.3 is 33.8 Å². The lowest BCUT2D eigenvalue weighted by molar-refractivity contribution is -0.631. The van der Waals surface area contributed by atoms with E-state index in [1.807, 2.05) is 148 Å². The molecule has 6 aromatic rings. The van der Waals surface area contributed by atoms with Crippen LogP contribution in [0.2, 0.25) is 0 Å². The van der Waals surface area contributed by atoms with Crippen LogP contribution in [-0.4, -0.2) is 33.2 Å². The fraction of sp³-hybridized carbons (Fsp3) is 0.143. The predicted molar refractivity (Wildman–Crippen MR) is 177 cm³/mol. The van der Waals surface area contributed by atoms with E-state index in [4.69, 9.17) is 0 Å². The zero-order chi connectivity index (χ0) is 30.2. The van der Waals surface area contributed by atoms with Gasteiger partial charge in [-0.1, -0.05) is 60.7 Å². The van der Waals surface area contributed by atoms with E-state index in [0.29, 0.717) is 5.82 Å². The van der Waals surface area contributed by atoms with Crippen molar-refractivity contribution in [2.45, 2.75) is 0 Å². The Hall–Kier alpha value is -4.77. The van der Waals surface area contributed by atoms with E-state index in [0.717, 1.165) is 45.0 Å². The monoisotopic (exact) mass is 694 g/mol. The Morgan fingerprint density at radius 3 is 1.70 bits per heavy atom. The van der Waals surface area contributed by atoms with Gasteiger partial charge in [0.1, 0.15) is 16.9 Å². The molecule has 9 heteroatoms. The van der Waals surface area contributed by atoms with Gasteiger partial charge in [0.25, 0.3) is 0 Å². The molecule has 0 saturated heterocycles.